The van der Waals surface area contributed by atoms with Crippen molar-refractivity contribution in [3.05, 3.63) is 35.4 Å². The number of alkyl halides is 1. The summed E-state index contributed by atoms with van der Waals surface area (Å²) in [5.41, 5.74) is 1.65. The fourth-order valence-electron chi connectivity index (χ4n) is 2.91. The number of rotatable bonds is 3. The second-order valence-electron chi connectivity index (χ2n) is 5.61. The maximum absolute atomic E-state index is 12.5. The maximum atomic E-state index is 12.5. The average molecular weight is 322 g/mol. The summed E-state index contributed by atoms with van der Waals surface area (Å²) in [4.78, 5) is 26.1. The standard InChI is InChI=1S/C15H16BrNO2/c16-9-15(6-3-7-15)10-17-13(18)8-11-4-1-2-5-12(11)14(17)19/h1-2,4-5H,3,6-10H2. The van der Waals surface area contributed by atoms with Gasteiger partial charge in [-0.3, -0.25) is 14.5 Å². The van der Waals surface area contributed by atoms with E-state index >= 15 is 0 Å². The largest absolute Gasteiger partial charge is 0.278 e. The zero-order valence-corrected chi connectivity index (χ0v) is 12.3. The number of hydrogen-bond donors (Lipinski definition) is 0. The van der Waals surface area contributed by atoms with Crippen LogP contribution in [0.25, 0.3) is 0 Å². The smallest absolute Gasteiger partial charge is 0.260 e. The first-order valence-corrected chi connectivity index (χ1v) is 7.76. The molecule has 1 heterocycles. The quantitative estimate of drug-likeness (QED) is 0.634. The van der Waals surface area contributed by atoms with Gasteiger partial charge in [0, 0.05) is 17.4 Å². The lowest BCUT2D eigenvalue weighted by atomic mass is 9.70. The minimum Gasteiger partial charge on any atom is -0.278 e. The molecule has 1 fully saturated rings. The van der Waals surface area contributed by atoms with Crippen LogP contribution in [0.15, 0.2) is 24.3 Å². The minimum absolute atomic E-state index is 0.0593. The third-order valence-electron chi connectivity index (χ3n) is 4.33. The first-order valence-electron chi connectivity index (χ1n) is 6.64. The van der Waals surface area contributed by atoms with E-state index in [-0.39, 0.29) is 17.2 Å². The molecule has 1 aromatic rings. The molecule has 2 aliphatic rings. The number of amides is 2. The van der Waals surface area contributed by atoms with Crippen molar-refractivity contribution in [1.82, 2.24) is 4.90 Å². The van der Waals surface area contributed by atoms with Crippen LogP contribution in [0.2, 0.25) is 0 Å². The van der Waals surface area contributed by atoms with Crippen LogP contribution in [0.1, 0.15) is 35.2 Å². The van der Waals surface area contributed by atoms with E-state index in [4.69, 9.17) is 0 Å². The Bertz CT molecular complexity index is 531. The monoisotopic (exact) mass is 321 g/mol. The normalized spacial score (nSPS) is 21.0. The molecule has 3 nitrogen and oxygen atoms in total. The molecule has 0 radical (unpaired) electrons. The van der Waals surface area contributed by atoms with Crippen molar-refractivity contribution in [3.8, 4) is 0 Å². The van der Waals surface area contributed by atoms with E-state index in [0.29, 0.717) is 18.5 Å². The second kappa shape index (κ2) is 4.75. The van der Waals surface area contributed by atoms with Crippen LogP contribution in [-0.2, 0) is 11.2 Å². The van der Waals surface area contributed by atoms with Crippen LogP contribution in [0.5, 0.6) is 0 Å². The summed E-state index contributed by atoms with van der Waals surface area (Å²) in [5.74, 6) is -0.185. The van der Waals surface area contributed by atoms with Crippen molar-refractivity contribution in [2.24, 2.45) is 5.41 Å². The molecule has 1 saturated carbocycles. The van der Waals surface area contributed by atoms with E-state index in [0.717, 1.165) is 23.7 Å². The lowest BCUT2D eigenvalue weighted by Gasteiger charge is -2.44. The molecule has 2 amide bonds. The molecule has 1 aliphatic heterocycles. The molecule has 100 valence electrons. The molecule has 0 N–H and O–H groups in total. The van der Waals surface area contributed by atoms with Gasteiger partial charge in [-0.1, -0.05) is 40.5 Å². The van der Waals surface area contributed by atoms with Crippen LogP contribution in [0.4, 0.5) is 0 Å². The summed E-state index contributed by atoms with van der Waals surface area (Å²) < 4.78 is 0. The Morgan fingerprint density at radius 3 is 2.58 bits per heavy atom. The molecule has 0 saturated heterocycles. The number of nitrogens with zero attached hydrogens (tertiary/aromatic N) is 1. The van der Waals surface area contributed by atoms with Gasteiger partial charge in [0.2, 0.25) is 5.91 Å². The molecular weight excluding hydrogens is 306 g/mol. The molecule has 3 rings (SSSR count). The lowest BCUT2D eigenvalue weighted by molar-refractivity contribution is -0.130. The Morgan fingerprint density at radius 2 is 1.95 bits per heavy atom. The Balaban J connectivity index is 1.87. The van der Waals surface area contributed by atoms with E-state index < -0.39 is 0 Å². The lowest BCUT2D eigenvalue weighted by Crippen LogP contribution is -2.50. The topological polar surface area (TPSA) is 37.4 Å². The summed E-state index contributed by atoms with van der Waals surface area (Å²) in [7, 11) is 0. The molecule has 0 aromatic heterocycles. The van der Waals surface area contributed by atoms with Gasteiger partial charge in [-0.25, -0.2) is 0 Å². The van der Waals surface area contributed by atoms with Gasteiger partial charge in [-0.05, 0) is 29.9 Å². The molecule has 0 spiro atoms. The summed E-state index contributed by atoms with van der Waals surface area (Å²) in [5, 5.41) is 0.860. The molecule has 0 bridgehead atoms. The number of carbonyl (C=O) groups excluding carboxylic acids is 2. The molecule has 4 heteroatoms. The number of carbonyl (C=O) groups is 2. The van der Waals surface area contributed by atoms with Gasteiger partial charge < -0.3 is 0 Å². The fourth-order valence-corrected chi connectivity index (χ4v) is 3.64. The van der Waals surface area contributed by atoms with Crippen LogP contribution in [-0.4, -0.2) is 28.6 Å². The van der Waals surface area contributed by atoms with Crippen molar-refractivity contribution in [2.45, 2.75) is 25.7 Å². The highest BCUT2D eigenvalue weighted by Gasteiger charge is 2.42. The molecule has 19 heavy (non-hydrogen) atoms. The van der Waals surface area contributed by atoms with Gasteiger partial charge in [-0.2, -0.15) is 0 Å². The first-order chi connectivity index (χ1) is 9.15. The zero-order valence-electron chi connectivity index (χ0n) is 10.7. The Morgan fingerprint density at radius 1 is 1.21 bits per heavy atom. The summed E-state index contributed by atoms with van der Waals surface area (Å²) in [6.07, 6.45) is 3.73. The predicted octanol–water partition coefficient (Wildman–Crippen LogP) is 2.78. The molecular formula is C15H16BrNO2. The number of imide groups is 1. The Hall–Kier alpha value is -1.16. The highest BCUT2D eigenvalue weighted by atomic mass is 79.9. The van der Waals surface area contributed by atoms with E-state index in [9.17, 15) is 9.59 Å². The fraction of sp³-hybridized carbons (Fsp3) is 0.467. The van der Waals surface area contributed by atoms with Crippen molar-refractivity contribution in [3.63, 3.8) is 0 Å². The van der Waals surface area contributed by atoms with E-state index in [1.165, 1.54) is 11.3 Å². The van der Waals surface area contributed by atoms with E-state index in [1.54, 1.807) is 0 Å². The molecule has 0 atom stereocenters. The van der Waals surface area contributed by atoms with Gasteiger partial charge in [0.15, 0.2) is 0 Å². The van der Waals surface area contributed by atoms with Crippen molar-refractivity contribution < 1.29 is 9.59 Å². The summed E-state index contributed by atoms with van der Waals surface area (Å²) in [6.45, 7) is 0.560. The number of benzene rings is 1. The van der Waals surface area contributed by atoms with Crippen LogP contribution >= 0.6 is 15.9 Å². The average Bonchev–Trinajstić information content (AvgIpc) is 2.37. The highest BCUT2D eigenvalue weighted by Crippen LogP contribution is 2.43. The SMILES string of the molecule is O=C1Cc2ccccc2C(=O)N1CC1(CBr)CCC1. The zero-order chi connectivity index (χ0) is 13.5. The van der Waals surface area contributed by atoms with Crippen molar-refractivity contribution in [2.75, 3.05) is 11.9 Å². The molecule has 1 aromatic carbocycles. The number of fused-ring (bicyclic) bond motifs is 1. The third kappa shape index (κ3) is 2.12. The third-order valence-corrected chi connectivity index (χ3v) is 5.52. The van der Waals surface area contributed by atoms with Crippen LogP contribution in [0, 0.1) is 5.41 Å². The van der Waals surface area contributed by atoms with Gasteiger partial charge in [0.05, 0.1) is 6.42 Å². The Kier molecular flexibility index (Phi) is 3.21. The molecule has 0 unspecified atom stereocenters. The highest BCUT2D eigenvalue weighted by molar-refractivity contribution is 9.09. The Labute approximate surface area is 121 Å². The van der Waals surface area contributed by atoms with E-state index in [1.807, 2.05) is 24.3 Å². The van der Waals surface area contributed by atoms with Crippen LogP contribution < -0.4 is 0 Å². The maximum Gasteiger partial charge on any atom is 0.260 e. The number of halogens is 1. The number of hydrogen-bond acceptors (Lipinski definition) is 2. The summed E-state index contributed by atoms with van der Waals surface area (Å²) >= 11 is 3.53. The van der Waals surface area contributed by atoms with Gasteiger partial charge in [0.25, 0.3) is 5.91 Å². The van der Waals surface area contributed by atoms with Gasteiger partial charge >= 0.3 is 0 Å². The van der Waals surface area contributed by atoms with Crippen molar-refractivity contribution in [1.29, 1.82) is 0 Å². The van der Waals surface area contributed by atoms with Gasteiger partial charge in [0.1, 0.15) is 0 Å². The van der Waals surface area contributed by atoms with Gasteiger partial charge in [-0.15, -0.1) is 0 Å². The first kappa shape index (κ1) is 12.9. The summed E-state index contributed by atoms with van der Waals surface area (Å²) in [6, 6.07) is 7.42. The predicted molar refractivity (Wildman–Crippen MR) is 76.3 cm³/mol. The van der Waals surface area contributed by atoms with Crippen molar-refractivity contribution >= 4 is 27.7 Å². The molecule has 1 aliphatic carbocycles. The van der Waals surface area contributed by atoms with Crippen LogP contribution in [0.3, 0.4) is 0 Å². The minimum atomic E-state index is -0.126. The van der Waals surface area contributed by atoms with E-state index in [2.05, 4.69) is 15.9 Å². The second-order valence-corrected chi connectivity index (χ2v) is 6.17.